The first-order chi connectivity index (χ1) is 10.1. The van der Waals surface area contributed by atoms with Crippen molar-refractivity contribution in [2.24, 2.45) is 0 Å². The average molecular weight is 290 g/mol. The molecule has 1 aromatic rings. The summed E-state index contributed by atoms with van der Waals surface area (Å²) in [5.41, 5.74) is 1.15. The number of amides is 1. The van der Waals surface area contributed by atoms with Gasteiger partial charge in [0.1, 0.15) is 5.82 Å². The van der Waals surface area contributed by atoms with Gasteiger partial charge in [-0.1, -0.05) is 0 Å². The van der Waals surface area contributed by atoms with Gasteiger partial charge in [-0.2, -0.15) is 0 Å². The van der Waals surface area contributed by atoms with E-state index < -0.39 is 0 Å². The van der Waals surface area contributed by atoms with Crippen molar-refractivity contribution in [1.82, 2.24) is 9.80 Å². The van der Waals surface area contributed by atoms with E-state index in [9.17, 15) is 9.18 Å². The Labute approximate surface area is 125 Å². The zero-order valence-electron chi connectivity index (χ0n) is 12.8. The minimum Gasteiger partial charge on any atom is -0.334 e. The number of nitrogens with zero attached hydrogens (tertiary/aromatic N) is 2. The van der Waals surface area contributed by atoms with Gasteiger partial charge in [-0.25, -0.2) is 4.39 Å². The number of halogens is 1. The van der Waals surface area contributed by atoms with Crippen LogP contribution in [0.25, 0.3) is 0 Å². The summed E-state index contributed by atoms with van der Waals surface area (Å²) in [7, 11) is 2.15. The summed E-state index contributed by atoms with van der Waals surface area (Å²) < 4.78 is 13.4. The van der Waals surface area contributed by atoms with E-state index in [1.54, 1.807) is 19.1 Å². The van der Waals surface area contributed by atoms with Crippen LogP contribution in [0.3, 0.4) is 0 Å². The highest BCUT2D eigenvalue weighted by atomic mass is 19.1. The molecule has 4 heteroatoms. The van der Waals surface area contributed by atoms with E-state index in [1.807, 2.05) is 4.90 Å². The van der Waals surface area contributed by atoms with Gasteiger partial charge in [0.05, 0.1) is 0 Å². The highest BCUT2D eigenvalue weighted by Crippen LogP contribution is 2.30. The van der Waals surface area contributed by atoms with Gasteiger partial charge in [0.25, 0.3) is 5.91 Å². The number of hydrogen-bond donors (Lipinski definition) is 0. The van der Waals surface area contributed by atoms with Crippen LogP contribution in [0.5, 0.6) is 0 Å². The van der Waals surface area contributed by atoms with Crippen LogP contribution in [0.1, 0.15) is 41.6 Å². The number of benzene rings is 1. The fourth-order valence-corrected chi connectivity index (χ4v) is 3.81. The maximum Gasteiger partial charge on any atom is 0.254 e. The highest BCUT2D eigenvalue weighted by molar-refractivity contribution is 5.94. The van der Waals surface area contributed by atoms with Crippen molar-refractivity contribution in [2.75, 3.05) is 20.1 Å². The summed E-state index contributed by atoms with van der Waals surface area (Å²) in [6.07, 6.45) is 4.55. The number of carbonyl (C=O) groups is 1. The minimum absolute atomic E-state index is 0.0564. The molecular formula is C17H23FN2O. The highest BCUT2D eigenvalue weighted by Gasteiger charge is 2.38. The van der Waals surface area contributed by atoms with Crippen LogP contribution >= 0.6 is 0 Å². The van der Waals surface area contributed by atoms with E-state index in [4.69, 9.17) is 0 Å². The van der Waals surface area contributed by atoms with Crippen LogP contribution in [0.2, 0.25) is 0 Å². The molecule has 0 aromatic heterocycles. The Morgan fingerprint density at radius 2 is 1.90 bits per heavy atom. The second-order valence-electron chi connectivity index (χ2n) is 6.36. The van der Waals surface area contributed by atoms with Gasteiger partial charge in [-0.3, -0.25) is 4.79 Å². The number of likely N-dealkylation sites (tertiary alicyclic amines) is 2. The summed E-state index contributed by atoms with van der Waals surface area (Å²) in [5.74, 6) is -0.194. The van der Waals surface area contributed by atoms with Gasteiger partial charge < -0.3 is 9.80 Å². The number of rotatable bonds is 2. The molecule has 2 atom stereocenters. The molecule has 1 amide bonds. The molecule has 0 bridgehead atoms. The molecule has 2 aliphatic heterocycles. The molecule has 3 nitrogen and oxygen atoms in total. The first-order valence-electron chi connectivity index (χ1n) is 7.85. The second-order valence-corrected chi connectivity index (χ2v) is 6.36. The van der Waals surface area contributed by atoms with Gasteiger partial charge in [0, 0.05) is 24.2 Å². The van der Waals surface area contributed by atoms with Crippen LogP contribution < -0.4 is 0 Å². The summed E-state index contributed by atoms with van der Waals surface area (Å²) in [5, 5.41) is 0. The second kappa shape index (κ2) is 5.76. The van der Waals surface area contributed by atoms with Crippen molar-refractivity contribution in [3.8, 4) is 0 Å². The molecule has 0 N–H and O–H groups in total. The molecule has 0 radical (unpaired) electrons. The number of hydrogen-bond acceptors (Lipinski definition) is 2. The van der Waals surface area contributed by atoms with Crippen molar-refractivity contribution >= 4 is 5.91 Å². The van der Waals surface area contributed by atoms with E-state index >= 15 is 0 Å². The molecule has 114 valence electrons. The van der Waals surface area contributed by atoms with E-state index in [0.717, 1.165) is 25.9 Å². The molecule has 0 saturated carbocycles. The van der Waals surface area contributed by atoms with Crippen LogP contribution in [-0.4, -0.2) is 47.9 Å². The van der Waals surface area contributed by atoms with Crippen molar-refractivity contribution in [1.29, 1.82) is 0 Å². The first-order valence-corrected chi connectivity index (χ1v) is 7.85. The fraction of sp³-hybridized carbons (Fsp3) is 0.588. The van der Waals surface area contributed by atoms with Gasteiger partial charge in [0.2, 0.25) is 0 Å². The predicted molar refractivity (Wildman–Crippen MR) is 80.8 cm³/mol. The molecule has 21 heavy (non-hydrogen) atoms. The normalized spacial score (nSPS) is 26.5. The Bertz CT molecular complexity index is 546. The lowest BCUT2D eigenvalue weighted by atomic mass is 10.0. The molecule has 3 rings (SSSR count). The van der Waals surface area contributed by atoms with E-state index in [1.165, 1.54) is 18.9 Å². The maximum absolute atomic E-state index is 13.4. The Morgan fingerprint density at radius 1 is 1.19 bits per heavy atom. The third-order valence-corrected chi connectivity index (χ3v) is 4.99. The Morgan fingerprint density at radius 3 is 2.57 bits per heavy atom. The molecule has 2 fully saturated rings. The Kier molecular flexibility index (Phi) is 3.98. The van der Waals surface area contributed by atoms with Gasteiger partial charge in [-0.05, 0) is 70.0 Å². The van der Waals surface area contributed by atoms with Gasteiger partial charge >= 0.3 is 0 Å². The molecule has 0 unspecified atom stereocenters. The van der Waals surface area contributed by atoms with Crippen LogP contribution in [0.4, 0.5) is 4.39 Å². The zero-order chi connectivity index (χ0) is 15.0. The molecule has 1 aromatic carbocycles. The monoisotopic (exact) mass is 290 g/mol. The summed E-state index contributed by atoms with van der Waals surface area (Å²) in [6.45, 7) is 3.65. The Hall–Kier alpha value is -1.42. The largest absolute Gasteiger partial charge is 0.334 e. The third kappa shape index (κ3) is 2.69. The summed E-state index contributed by atoms with van der Waals surface area (Å²) in [6, 6.07) is 5.48. The summed E-state index contributed by atoms with van der Waals surface area (Å²) >= 11 is 0. The van der Waals surface area contributed by atoms with E-state index in [0.29, 0.717) is 23.2 Å². The zero-order valence-corrected chi connectivity index (χ0v) is 12.8. The Balaban J connectivity index is 1.81. The van der Waals surface area contributed by atoms with Crippen LogP contribution in [0.15, 0.2) is 18.2 Å². The van der Waals surface area contributed by atoms with Gasteiger partial charge in [0.15, 0.2) is 0 Å². The van der Waals surface area contributed by atoms with E-state index in [-0.39, 0.29) is 11.7 Å². The number of likely N-dealkylation sites (N-methyl/N-ethyl adjacent to an activating group) is 1. The maximum atomic E-state index is 13.4. The fourth-order valence-electron chi connectivity index (χ4n) is 3.81. The number of carbonyl (C=O) groups excluding carboxylic acids is 1. The molecule has 0 spiro atoms. The lowest BCUT2D eigenvalue weighted by molar-refractivity contribution is 0.0664. The predicted octanol–water partition coefficient (Wildman–Crippen LogP) is 2.83. The molecule has 2 aliphatic rings. The lowest BCUT2D eigenvalue weighted by Gasteiger charge is -2.33. The molecular weight excluding hydrogens is 267 g/mol. The standard InChI is InChI=1S/C17H23FN2O/c1-12-11-13(7-8-14(12)18)17(21)20-10-4-6-16(20)15-5-3-9-19(15)2/h7-8,11,15-16H,3-6,9-10H2,1-2H3/t15-,16+/m0/s1. The minimum atomic E-state index is -0.250. The molecule has 2 saturated heterocycles. The van der Waals surface area contributed by atoms with E-state index in [2.05, 4.69) is 11.9 Å². The topological polar surface area (TPSA) is 23.6 Å². The van der Waals surface area contributed by atoms with Crippen molar-refractivity contribution in [2.45, 2.75) is 44.7 Å². The quantitative estimate of drug-likeness (QED) is 0.836. The molecule has 2 heterocycles. The van der Waals surface area contributed by atoms with Crippen LogP contribution in [-0.2, 0) is 0 Å². The lowest BCUT2D eigenvalue weighted by Crippen LogP contribution is -2.47. The number of aryl methyl sites for hydroxylation is 1. The van der Waals surface area contributed by atoms with Crippen molar-refractivity contribution in [3.63, 3.8) is 0 Å². The smallest absolute Gasteiger partial charge is 0.254 e. The third-order valence-electron chi connectivity index (χ3n) is 4.99. The van der Waals surface area contributed by atoms with Crippen LogP contribution in [0, 0.1) is 12.7 Å². The average Bonchev–Trinajstić information content (AvgIpc) is 3.09. The summed E-state index contributed by atoms with van der Waals surface area (Å²) in [4.78, 5) is 17.2. The van der Waals surface area contributed by atoms with Gasteiger partial charge in [-0.15, -0.1) is 0 Å². The molecule has 0 aliphatic carbocycles. The SMILES string of the molecule is Cc1cc(C(=O)N2CCC[C@@H]2[C@@H]2CCCN2C)ccc1F. The van der Waals surface area contributed by atoms with Crippen molar-refractivity contribution < 1.29 is 9.18 Å². The first kappa shape index (κ1) is 14.5. The van der Waals surface area contributed by atoms with Crippen molar-refractivity contribution in [3.05, 3.63) is 35.1 Å².